The molecule has 0 spiro atoms. The lowest BCUT2D eigenvalue weighted by molar-refractivity contribution is -0.128. The van der Waals surface area contributed by atoms with E-state index in [9.17, 15) is 4.79 Å². The second-order valence-corrected chi connectivity index (χ2v) is 6.83. The molecule has 1 fully saturated rings. The van der Waals surface area contributed by atoms with Crippen molar-refractivity contribution in [2.75, 3.05) is 32.1 Å². The number of nitrogens with one attached hydrogen (secondary N) is 1. The van der Waals surface area contributed by atoms with Gasteiger partial charge < -0.3 is 15.0 Å². The molecule has 1 aromatic carbocycles. The first-order valence-corrected chi connectivity index (χ1v) is 9.10. The molecule has 1 aliphatic heterocycles. The molecule has 0 aliphatic carbocycles. The molecule has 1 aliphatic rings. The number of likely N-dealkylation sites (tertiary alicyclic amines) is 1. The molecule has 3 aromatic rings. The monoisotopic (exact) mass is 365 g/mol. The van der Waals surface area contributed by atoms with Crippen molar-refractivity contribution in [3.63, 3.8) is 0 Å². The third-order valence-corrected chi connectivity index (χ3v) is 4.75. The molecular formula is C20H23N5O2. The van der Waals surface area contributed by atoms with Gasteiger partial charge in [0.25, 0.3) is 0 Å². The summed E-state index contributed by atoms with van der Waals surface area (Å²) in [5.41, 5.74) is 3.62. The van der Waals surface area contributed by atoms with Crippen LogP contribution in [0.5, 0.6) is 0 Å². The van der Waals surface area contributed by atoms with Gasteiger partial charge in [-0.1, -0.05) is 30.3 Å². The second kappa shape index (κ2) is 7.36. The lowest BCUT2D eigenvalue weighted by atomic mass is 10.1. The molecule has 1 atom stereocenters. The van der Waals surface area contributed by atoms with Gasteiger partial charge >= 0.3 is 0 Å². The summed E-state index contributed by atoms with van der Waals surface area (Å²) >= 11 is 0. The zero-order chi connectivity index (χ0) is 18.8. The minimum absolute atomic E-state index is 0.0353. The predicted molar refractivity (Wildman–Crippen MR) is 104 cm³/mol. The fourth-order valence-electron chi connectivity index (χ4n) is 3.44. The Morgan fingerprint density at radius 1 is 1.26 bits per heavy atom. The van der Waals surface area contributed by atoms with Crippen molar-refractivity contribution in [3.8, 4) is 11.3 Å². The van der Waals surface area contributed by atoms with Crippen molar-refractivity contribution in [1.29, 1.82) is 0 Å². The van der Waals surface area contributed by atoms with Crippen LogP contribution in [0.25, 0.3) is 16.9 Å². The van der Waals surface area contributed by atoms with Gasteiger partial charge in [-0.15, -0.1) is 0 Å². The van der Waals surface area contributed by atoms with Gasteiger partial charge in [-0.2, -0.15) is 9.61 Å². The summed E-state index contributed by atoms with van der Waals surface area (Å²) in [5, 5.41) is 8.05. The number of ether oxygens (including phenoxy) is 1. The third kappa shape index (κ3) is 3.64. The van der Waals surface area contributed by atoms with E-state index in [1.54, 1.807) is 7.11 Å². The van der Waals surface area contributed by atoms with Gasteiger partial charge in [-0.3, -0.25) is 4.79 Å². The smallest absolute Gasteiger partial charge is 0.224 e. The highest BCUT2D eigenvalue weighted by molar-refractivity contribution is 5.80. The average molecular weight is 365 g/mol. The highest BCUT2D eigenvalue weighted by Crippen LogP contribution is 2.24. The Hall–Kier alpha value is -2.93. The van der Waals surface area contributed by atoms with E-state index in [1.165, 1.54) is 0 Å². The maximum Gasteiger partial charge on any atom is 0.224 e. The van der Waals surface area contributed by atoms with Crippen LogP contribution < -0.4 is 5.32 Å². The molecule has 7 nitrogen and oxygen atoms in total. The molecule has 0 saturated carbocycles. The summed E-state index contributed by atoms with van der Waals surface area (Å²) in [6.45, 7) is 3.78. The van der Waals surface area contributed by atoms with E-state index in [1.807, 2.05) is 58.8 Å². The Morgan fingerprint density at radius 2 is 2.07 bits per heavy atom. The molecule has 0 unspecified atom stereocenters. The molecule has 140 valence electrons. The summed E-state index contributed by atoms with van der Waals surface area (Å²) in [6, 6.07) is 14.1. The highest BCUT2D eigenvalue weighted by Gasteiger charge is 2.29. The number of aryl methyl sites for hydroxylation is 1. The standard InChI is InChI=1S/C20H23N5O2/c1-14-10-18-22-17(15-6-4-3-5-7-15)12-19(25(18)23-14)21-16-11-20(26)24(13-16)8-9-27-2/h3-7,10,12,16,21H,8-9,11,13H2,1-2H3/t16-/m1/s1. The maximum absolute atomic E-state index is 12.2. The van der Waals surface area contributed by atoms with Crippen LogP contribution in [-0.2, 0) is 9.53 Å². The number of aromatic nitrogens is 3. The number of amides is 1. The Bertz CT molecular complexity index is 954. The quantitative estimate of drug-likeness (QED) is 0.726. The normalized spacial score (nSPS) is 17.0. The fourth-order valence-corrected chi connectivity index (χ4v) is 3.44. The van der Waals surface area contributed by atoms with Gasteiger partial charge in [0.15, 0.2) is 5.65 Å². The molecule has 27 heavy (non-hydrogen) atoms. The first-order chi connectivity index (χ1) is 13.1. The van der Waals surface area contributed by atoms with Gasteiger partial charge in [0.1, 0.15) is 5.82 Å². The Labute approximate surface area is 158 Å². The number of methoxy groups -OCH3 is 1. The van der Waals surface area contributed by atoms with E-state index in [2.05, 4.69) is 10.4 Å². The van der Waals surface area contributed by atoms with Crippen molar-refractivity contribution in [3.05, 3.63) is 48.2 Å². The molecule has 0 radical (unpaired) electrons. The summed E-state index contributed by atoms with van der Waals surface area (Å²) in [7, 11) is 1.65. The van der Waals surface area contributed by atoms with Crippen LogP contribution in [0.1, 0.15) is 12.1 Å². The summed E-state index contributed by atoms with van der Waals surface area (Å²) < 4.78 is 6.90. The molecule has 1 saturated heterocycles. The summed E-state index contributed by atoms with van der Waals surface area (Å²) in [5.74, 6) is 0.994. The number of nitrogens with zero attached hydrogens (tertiary/aromatic N) is 4. The van der Waals surface area contributed by atoms with Crippen molar-refractivity contribution in [2.45, 2.75) is 19.4 Å². The molecule has 7 heteroatoms. The van der Waals surface area contributed by atoms with E-state index >= 15 is 0 Å². The molecule has 4 rings (SSSR count). The lowest BCUT2D eigenvalue weighted by Crippen LogP contribution is -2.31. The number of carbonyl (C=O) groups excluding carboxylic acids is 1. The molecular weight excluding hydrogens is 342 g/mol. The van der Waals surface area contributed by atoms with Crippen LogP contribution in [0.3, 0.4) is 0 Å². The SMILES string of the molecule is COCCN1C[C@H](Nc2cc(-c3ccccc3)nc3cc(C)nn23)CC1=O. The third-order valence-electron chi connectivity index (χ3n) is 4.75. The number of fused-ring (bicyclic) bond motifs is 1. The van der Waals surface area contributed by atoms with Crippen molar-refractivity contribution < 1.29 is 9.53 Å². The largest absolute Gasteiger partial charge is 0.383 e. The Kier molecular flexibility index (Phi) is 4.77. The number of hydrogen-bond acceptors (Lipinski definition) is 5. The number of rotatable bonds is 6. The number of benzene rings is 1. The Morgan fingerprint density at radius 3 is 2.85 bits per heavy atom. The van der Waals surface area contributed by atoms with E-state index < -0.39 is 0 Å². The van der Waals surface area contributed by atoms with Crippen LogP contribution >= 0.6 is 0 Å². The van der Waals surface area contributed by atoms with Gasteiger partial charge in [0, 0.05) is 44.3 Å². The predicted octanol–water partition coefficient (Wildman–Crippen LogP) is 2.36. The lowest BCUT2D eigenvalue weighted by Gasteiger charge is -2.18. The Balaban J connectivity index is 1.64. The first-order valence-electron chi connectivity index (χ1n) is 9.10. The molecule has 1 amide bonds. The molecule has 3 heterocycles. The molecule has 0 bridgehead atoms. The van der Waals surface area contributed by atoms with Crippen LogP contribution in [0.4, 0.5) is 5.82 Å². The van der Waals surface area contributed by atoms with Gasteiger partial charge in [0.2, 0.25) is 5.91 Å². The zero-order valence-electron chi connectivity index (χ0n) is 15.6. The van der Waals surface area contributed by atoms with E-state index in [0.717, 1.165) is 28.4 Å². The molecule has 1 N–H and O–H groups in total. The zero-order valence-corrected chi connectivity index (χ0v) is 15.6. The fraction of sp³-hybridized carbons (Fsp3) is 0.350. The number of hydrogen-bond donors (Lipinski definition) is 1. The van der Waals surface area contributed by atoms with Crippen molar-refractivity contribution >= 4 is 17.4 Å². The van der Waals surface area contributed by atoms with E-state index in [0.29, 0.717) is 26.1 Å². The minimum Gasteiger partial charge on any atom is -0.383 e. The van der Waals surface area contributed by atoms with E-state index in [4.69, 9.17) is 9.72 Å². The van der Waals surface area contributed by atoms with Crippen LogP contribution in [0.2, 0.25) is 0 Å². The first kappa shape index (κ1) is 17.5. The topological polar surface area (TPSA) is 71.8 Å². The van der Waals surface area contributed by atoms with Crippen LogP contribution in [0, 0.1) is 6.92 Å². The summed E-state index contributed by atoms with van der Waals surface area (Å²) in [4.78, 5) is 18.8. The van der Waals surface area contributed by atoms with Crippen LogP contribution in [-0.4, -0.2) is 58.3 Å². The van der Waals surface area contributed by atoms with Gasteiger partial charge in [-0.05, 0) is 6.92 Å². The second-order valence-electron chi connectivity index (χ2n) is 6.83. The van der Waals surface area contributed by atoms with E-state index in [-0.39, 0.29) is 11.9 Å². The van der Waals surface area contributed by atoms with Gasteiger partial charge in [0.05, 0.1) is 24.0 Å². The van der Waals surface area contributed by atoms with Gasteiger partial charge in [-0.25, -0.2) is 4.98 Å². The minimum atomic E-state index is 0.0353. The van der Waals surface area contributed by atoms with Crippen molar-refractivity contribution in [1.82, 2.24) is 19.5 Å². The average Bonchev–Trinajstić information content (AvgIpc) is 3.22. The number of carbonyl (C=O) groups is 1. The maximum atomic E-state index is 12.2. The van der Waals surface area contributed by atoms with Crippen LogP contribution in [0.15, 0.2) is 42.5 Å². The highest BCUT2D eigenvalue weighted by atomic mass is 16.5. The molecule has 2 aromatic heterocycles. The van der Waals surface area contributed by atoms with Crippen molar-refractivity contribution in [2.24, 2.45) is 0 Å². The summed E-state index contributed by atoms with van der Waals surface area (Å²) in [6.07, 6.45) is 0.467. The number of anilines is 1.